The van der Waals surface area contributed by atoms with Gasteiger partial charge in [0.15, 0.2) is 0 Å². The van der Waals surface area contributed by atoms with Crippen LogP contribution in [-0.2, 0) is 0 Å². The maximum absolute atomic E-state index is 3.88. The second-order valence-electron chi connectivity index (χ2n) is 5.05. The maximum atomic E-state index is 3.88. The van der Waals surface area contributed by atoms with Gasteiger partial charge in [0, 0.05) is 0 Å². The van der Waals surface area contributed by atoms with E-state index in [9.17, 15) is 0 Å². The molecule has 0 radical (unpaired) electrons. The summed E-state index contributed by atoms with van der Waals surface area (Å²) in [6.45, 7) is 9.45. The van der Waals surface area contributed by atoms with Gasteiger partial charge in [-0.3, -0.25) is 0 Å². The first kappa shape index (κ1) is 12.9. The van der Waals surface area contributed by atoms with Crippen molar-refractivity contribution in [3.05, 3.63) is 0 Å². The molecule has 0 atom stereocenters. The van der Waals surface area contributed by atoms with Crippen molar-refractivity contribution in [1.82, 2.24) is 0 Å². The van der Waals surface area contributed by atoms with Crippen molar-refractivity contribution in [1.29, 1.82) is 0 Å². The summed E-state index contributed by atoms with van der Waals surface area (Å²) >= 11 is 3.88. The Morgan fingerprint density at radius 3 is 1.83 bits per heavy atom. The van der Waals surface area contributed by atoms with Crippen molar-refractivity contribution >= 4 is 20.8 Å². The standard InChI is InChI=1S/C10H24BrP/c1-5-6-7-8-9-10-12(2,3,4)11/h5-10H2,1-4H3. The van der Waals surface area contributed by atoms with Crippen molar-refractivity contribution in [2.75, 3.05) is 26.2 Å². The summed E-state index contributed by atoms with van der Waals surface area (Å²) in [6, 6.07) is 0. The van der Waals surface area contributed by atoms with Gasteiger partial charge >= 0.3 is 86.0 Å². The molecule has 0 spiro atoms. The van der Waals surface area contributed by atoms with Crippen molar-refractivity contribution in [3.8, 4) is 0 Å². The average Bonchev–Trinajstić information content (AvgIpc) is 1.83. The van der Waals surface area contributed by atoms with Gasteiger partial charge in [-0.2, -0.15) is 0 Å². The number of hydrogen-bond donors (Lipinski definition) is 0. The predicted molar refractivity (Wildman–Crippen MR) is 67.2 cm³/mol. The van der Waals surface area contributed by atoms with Crippen LogP contribution in [-0.4, -0.2) is 26.2 Å². The van der Waals surface area contributed by atoms with Gasteiger partial charge in [0.05, 0.1) is 0 Å². The minimum absolute atomic E-state index is 1.35. The molecule has 0 aliphatic carbocycles. The molecule has 0 saturated carbocycles. The summed E-state index contributed by atoms with van der Waals surface area (Å²) in [5.74, 6) is 0. The second-order valence-corrected chi connectivity index (χ2v) is 19.2. The Morgan fingerprint density at radius 2 is 1.42 bits per heavy atom. The van der Waals surface area contributed by atoms with Crippen LogP contribution in [0.3, 0.4) is 0 Å². The Balaban J connectivity index is 3.32. The van der Waals surface area contributed by atoms with Crippen LogP contribution < -0.4 is 0 Å². The molecule has 76 valence electrons. The topological polar surface area (TPSA) is 0 Å². The molecule has 2 heteroatoms. The zero-order valence-electron chi connectivity index (χ0n) is 9.07. The zero-order chi connectivity index (χ0) is 9.69. The number of halogens is 1. The molecule has 0 aliphatic heterocycles. The van der Waals surface area contributed by atoms with E-state index < -0.39 is 5.31 Å². The van der Waals surface area contributed by atoms with Crippen LogP contribution in [0, 0.1) is 0 Å². The van der Waals surface area contributed by atoms with E-state index in [0.29, 0.717) is 0 Å². The molecule has 0 aromatic carbocycles. The molecule has 0 rings (SSSR count). The van der Waals surface area contributed by atoms with Gasteiger partial charge in [0.2, 0.25) is 0 Å². The molecular weight excluding hydrogens is 231 g/mol. The summed E-state index contributed by atoms with van der Waals surface area (Å²) in [5.41, 5.74) is 0. The average molecular weight is 255 g/mol. The summed E-state index contributed by atoms with van der Waals surface area (Å²) in [7, 11) is 0. The first-order valence-corrected chi connectivity index (χ1v) is 10.8. The van der Waals surface area contributed by atoms with Gasteiger partial charge in [0.1, 0.15) is 0 Å². The van der Waals surface area contributed by atoms with Crippen LogP contribution in [0.15, 0.2) is 0 Å². The van der Waals surface area contributed by atoms with E-state index in [1.54, 1.807) is 0 Å². The molecule has 0 bridgehead atoms. The van der Waals surface area contributed by atoms with Gasteiger partial charge in [-0.15, -0.1) is 0 Å². The van der Waals surface area contributed by atoms with Crippen LogP contribution in [0.1, 0.15) is 39.0 Å². The van der Waals surface area contributed by atoms with Crippen LogP contribution in [0.5, 0.6) is 0 Å². The van der Waals surface area contributed by atoms with Crippen molar-refractivity contribution in [2.45, 2.75) is 39.0 Å². The fraction of sp³-hybridized carbons (Fsp3) is 1.00. The zero-order valence-corrected chi connectivity index (χ0v) is 11.5. The van der Waals surface area contributed by atoms with E-state index in [-0.39, 0.29) is 0 Å². The molecule has 0 unspecified atom stereocenters. The Kier molecular flexibility index (Phi) is 5.33. The molecular formula is C10H24BrP. The van der Waals surface area contributed by atoms with Gasteiger partial charge < -0.3 is 0 Å². The molecule has 0 aromatic rings. The van der Waals surface area contributed by atoms with Crippen LogP contribution in [0.25, 0.3) is 0 Å². The molecule has 0 saturated heterocycles. The van der Waals surface area contributed by atoms with Crippen LogP contribution >= 0.6 is 20.8 Å². The molecule has 0 aromatic heterocycles. The van der Waals surface area contributed by atoms with Crippen molar-refractivity contribution < 1.29 is 0 Å². The van der Waals surface area contributed by atoms with E-state index in [4.69, 9.17) is 0 Å². The molecule has 12 heavy (non-hydrogen) atoms. The van der Waals surface area contributed by atoms with E-state index in [1.165, 1.54) is 38.3 Å². The molecule has 0 fully saturated rings. The third-order valence-electron chi connectivity index (χ3n) is 2.02. The van der Waals surface area contributed by atoms with Gasteiger partial charge in [0.25, 0.3) is 0 Å². The third-order valence-corrected chi connectivity index (χ3v) is 4.91. The molecule has 0 heterocycles. The summed E-state index contributed by atoms with van der Waals surface area (Å²) in [6.07, 6.45) is 8.42. The van der Waals surface area contributed by atoms with Gasteiger partial charge in [-0.25, -0.2) is 0 Å². The third kappa shape index (κ3) is 10.9. The Bertz CT molecular complexity index is 114. The first-order chi connectivity index (χ1) is 5.31. The molecule has 0 nitrogen and oxygen atoms in total. The number of unbranched alkanes of at least 4 members (excludes halogenated alkanes) is 4. The quantitative estimate of drug-likeness (QED) is 0.476. The Hall–Kier alpha value is 0.910. The first-order valence-electron chi connectivity index (χ1n) is 5.03. The number of hydrogen-bond acceptors (Lipinski definition) is 0. The second kappa shape index (κ2) is 4.96. The Morgan fingerprint density at radius 1 is 0.917 bits per heavy atom. The Labute approximate surface area is 86.2 Å². The van der Waals surface area contributed by atoms with E-state index >= 15 is 0 Å². The fourth-order valence-electron chi connectivity index (χ4n) is 1.25. The monoisotopic (exact) mass is 254 g/mol. The van der Waals surface area contributed by atoms with Gasteiger partial charge in [-0.1, -0.05) is 0 Å². The SMILES string of the molecule is CCCCCCCP(C)(C)(C)Br. The van der Waals surface area contributed by atoms with Crippen LogP contribution in [0.2, 0.25) is 0 Å². The molecule has 0 amide bonds. The molecule has 0 N–H and O–H groups in total. The number of rotatable bonds is 6. The fourth-order valence-corrected chi connectivity index (χ4v) is 3.29. The van der Waals surface area contributed by atoms with E-state index in [1.807, 2.05) is 0 Å². The van der Waals surface area contributed by atoms with Crippen molar-refractivity contribution in [2.24, 2.45) is 0 Å². The minimum atomic E-state index is -1.36. The predicted octanol–water partition coefficient (Wildman–Crippen LogP) is 4.71. The molecule has 0 aliphatic rings. The van der Waals surface area contributed by atoms with E-state index in [0.717, 1.165) is 0 Å². The summed E-state index contributed by atoms with van der Waals surface area (Å²) in [5, 5.41) is -1.36. The normalized spacial score (nSPS) is 15.6. The van der Waals surface area contributed by atoms with Crippen molar-refractivity contribution in [3.63, 3.8) is 0 Å². The van der Waals surface area contributed by atoms with E-state index in [2.05, 4.69) is 42.4 Å². The summed E-state index contributed by atoms with van der Waals surface area (Å²) in [4.78, 5) is 0. The summed E-state index contributed by atoms with van der Waals surface area (Å²) < 4.78 is 0. The van der Waals surface area contributed by atoms with Crippen LogP contribution in [0.4, 0.5) is 0 Å². The van der Waals surface area contributed by atoms with Gasteiger partial charge in [-0.05, 0) is 0 Å².